The number of carboxylic acids is 1. The van der Waals surface area contributed by atoms with Gasteiger partial charge in [0.15, 0.2) is 0 Å². The van der Waals surface area contributed by atoms with Crippen molar-refractivity contribution in [3.63, 3.8) is 0 Å². The van der Waals surface area contributed by atoms with Crippen LogP contribution in [0.4, 0.5) is 0 Å². The van der Waals surface area contributed by atoms with Gasteiger partial charge in [0.2, 0.25) is 15.9 Å². The first kappa shape index (κ1) is 18.2. The molecule has 0 aromatic heterocycles. The van der Waals surface area contributed by atoms with E-state index in [0.717, 1.165) is 0 Å². The van der Waals surface area contributed by atoms with E-state index in [1.807, 2.05) is 4.90 Å². The fourth-order valence-corrected chi connectivity index (χ4v) is 4.39. The Morgan fingerprint density at radius 1 is 1.26 bits per heavy atom. The summed E-state index contributed by atoms with van der Waals surface area (Å²) >= 11 is 0. The Labute approximate surface area is 137 Å². The number of carbonyl (C=O) groups excluding carboxylic acids is 1. The van der Waals surface area contributed by atoms with Gasteiger partial charge in [0.1, 0.15) is 5.41 Å². The monoisotopic (exact) mass is 347 g/mol. The zero-order valence-electron chi connectivity index (χ0n) is 13.9. The number of fused-ring (bicyclic) bond motifs is 1. The van der Waals surface area contributed by atoms with Crippen LogP contribution in [-0.2, 0) is 19.6 Å². The van der Waals surface area contributed by atoms with E-state index >= 15 is 0 Å². The Hall–Kier alpha value is -1.19. The van der Waals surface area contributed by atoms with Gasteiger partial charge >= 0.3 is 5.97 Å². The maximum absolute atomic E-state index is 11.8. The fourth-order valence-electron chi connectivity index (χ4n) is 3.54. The number of amides is 1. The Bertz CT molecular complexity index is 591. The average Bonchev–Trinajstić information content (AvgIpc) is 2.92. The maximum Gasteiger partial charge on any atom is 0.313 e. The van der Waals surface area contributed by atoms with Gasteiger partial charge in [-0.2, -0.15) is 0 Å². The number of likely N-dealkylation sites (tertiary alicyclic amines) is 2. The van der Waals surface area contributed by atoms with Crippen molar-refractivity contribution in [3.8, 4) is 0 Å². The van der Waals surface area contributed by atoms with E-state index in [-0.39, 0.29) is 24.1 Å². The molecule has 23 heavy (non-hydrogen) atoms. The van der Waals surface area contributed by atoms with Crippen molar-refractivity contribution in [2.75, 3.05) is 52.6 Å². The topological polar surface area (TPSA) is 98.2 Å². The van der Waals surface area contributed by atoms with Crippen LogP contribution in [0.25, 0.3) is 0 Å². The Kier molecular flexibility index (Phi) is 5.03. The molecule has 0 bridgehead atoms. The first-order valence-corrected chi connectivity index (χ1v) is 9.31. The van der Waals surface area contributed by atoms with Crippen LogP contribution >= 0.6 is 0 Å². The molecule has 1 N–H and O–H groups in total. The summed E-state index contributed by atoms with van der Waals surface area (Å²) in [4.78, 5) is 26.9. The van der Waals surface area contributed by atoms with E-state index in [1.54, 1.807) is 4.90 Å². The molecule has 2 rings (SSSR count). The highest BCUT2D eigenvalue weighted by Crippen LogP contribution is 2.42. The number of aliphatic carboxylic acids is 1. The fraction of sp³-hybridized carbons (Fsp3) is 0.857. The van der Waals surface area contributed by atoms with E-state index < -0.39 is 21.4 Å². The summed E-state index contributed by atoms with van der Waals surface area (Å²) in [6.45, 7) is 3.69. The number of hydrogen-bond acceptors (Lipinski definition) is 5. The molecular weight excluding hydrogens is 322 g/mol. The number of nitrogens with zero attached hydrogens (tertiary/aromatic N) is 3. The molecule has 0 aromatic carbocycles. The van der Waals surface area contributed by atoms with Gasteiger partial charge in [0.25, 0.3) is 0 Å². The summed E-state index contributed by atoms with van der Waals surface area (Å²) in [5.41, 5.74) is -0.911. The van der Waals surface area contributed by atoms with Crippen molar-refractivity contribution in [1.82, 2.24) is 14.1 Å². The normalized spacial score (nSPS) is 28.3. The van der Waals surface area contributed by atoms with Gasteiger partial charge in [0.05, 0.1) is 5.75 Å². The second-order valence-electron chi connectivity index (χ2n) is 6.74. The molecule has 1 amide bonds. The first-order chi connectivity index (χ1) is 10.6. The third-order valence-corrected chi connectivity index (χ3v) is 6.90. The zero-order valence-corrected chi connectivity index (χ0v) is 14.7. The van der Waals surface area contributed by atoms with Crippen molar-refractivity contribution in [1.29, 1.82) is 0 Å². The molecule has 132 valence electrons. The van der Waals surface area contributed by atoms with E-state index in [9.17, 15) is 23.1 Å². The van der Waals surface area contributed by atoms with Gasteiger partial charge in [-0.25, -0.2) is 12.7 Å². The highest BCUT2D eigenvalue weighted by atomic mass is 32.2. The standard InChI is InChI=1S/C14H25N3O5S/c1-11(18)17-8-12-7-16(9-14(12,10-17)13(19)20)5-4-6-23(21,22)15(2)3/h12H,4-10H2,1-3H3,(H,19,20). The number of carbonyl (C=O) groups is 2. The lowest BCUT2D eigenvalue weighted by atomic mass is 9.81. The van der Waals surface area contributed by atoms with Gasteiger partial charge in [-0.05, 0) is 13.0 Å². The zero-order chi connectivity index (χ0) is 17.4. The largest absolute Gasteiger partial charge is 0.481 e. The quantitative estimate of drug-likeness (QED) is 0.671. The van der Waals surface area contributed by atoms with Gasteiger partial charge in [-0.1, -0.05) is 0 Å². The molecule has 2 aliphatic rings. The molecule has 0 saturated carbocycles. The third-order valence-electron chi connectivity index (χ3n) is 4.98. The van der Waals surface area contributed by atoms with Crippen LogP contribution in [0.2, 0.25) is 0 Å². The minimum absolute atomic E-state index is 0.0564. The van der Waals surface area contributed by atoms with Crippen LogP contribution in [0.3, 0.4) is 0 Å². The number of sulfonamides is 1. The molecule has 2 unspecified atom stereocenters. The van der Waals surface area contributed by atoms with E-state index in [1.165, 1.54) is 25.3 Å². The van der Waals surface area contributed by atoms with Crippen molar-refractivity contribution in [2.45, 2.75) is 13.3 Å². The molecular formula is C14H25N3O5S. The van der Waals surface area contributed by atoms with Crippen molar-refractivity contribution in [2.24, 2.45) is 11.3 Å². The van der Waals surface area contributed by atoms with Gasteiger partial charge < -0.3 is 14.9 Å². The molecule has 2 heterocycles. The van der Waals surface area contributed by atoms with Crippen LogP contribution in [0, 0.1) is 11.3 Å². The molecule has 0 aliphatic carbocycles. The number of carboxylic acid groups (broad SMARTS) is 1. The second kappa shape index (κ2) is 6.37. The molecule has 8 nitrogen and oxygen atoms in total. The Balaban J connectivity index is 1.95. The lowest BCUT2D eigenvalue weighted by molar-refractivity contribution is -0.149. The Morgan fingerprint density at radius 2 is 1.91 bits per heavy atom. The molecule has 0 radical (unpaired) electrons. The minimum atomic E-state index is -3.22. The smallest absolute Gasteiger partial charge is 0.313 e. The summed E-state index contributed by atoms with van der Waals surface area (Å²) in [6, 6.07) is 0. The predicted molar refractivity (Wildman–Crippen MR) is 84.3 cm³/mol. The van der Waals surface area contributed by atoms with Crippen LogP contribution in [0.5, 0.6) is 0 Å². The van der Waals surface area contributed by atoms with Gasteiger partial charge in [0, 0.05) is 53.1 Å². The molecule has 2 fully saturated rings. The molecule has 9 heteroatoms. The van der Waals surface area contributed by atoms with Gasteiger partial charge in [-0.15, -0.1) is 0 Å². The van der Waals surface area contributed by atoms with E-state index in [2.05, 4.69) is 0 Å². The molecule has 2 atom stereocenters. The number of rotatable bonds is 6. The maximum atomic E-state index is 11.8. The highest BCUT2D eigenvalue weighted by molar-refractivity contribution is 7.89. The van der Waals surface area contributed by atoms with Crippen LogP contribution in [-0.4, -0.2) is 92.1 Å². The van der Waals surface area contributed by atoms with E-state index in [4.69, 9.17) is 0 Å². The molecule has 0 aromatic rings. The van der Waals surface area contributed by atoms with Crippen molar-refractivity contribution >= 4 is 21.9 Å². The molecule has 2 aliphatic heterocycles. The average molecular weight is 347 g/mol. The van der Waals surface area contributed by atoms with Crippen LogP contribution in [0.1, 0.15) is 13.3 Å². The SMILES string of the molecule is CC(=O)N1CC2CN(CCCS(=O)(=O)N(C)C)CC2(C(=O)O)C1. The van der Waals surface area contributed by atoms with Crippen LogP contribution in [0.15, 0.2) is 0 Å². The summed E-state index contributed by atoms with van der Waals surface area (Å²) in [5, 5.41) is 9.65. The summed E-state index contributed by atoms with van der Waals surface area (Å²) < 4.78 is 24.7. The number of hydrogen-bond donors (Lipinski definition) is 1. The van der Waals surface area contributed by atoms with Crippen LogP contribution < -0.4 is 0 Å². The predicted octanol–water partition coefficient (Wildman–Crippen LogP) is -0.867. The summed E-state index contributed by atoms with van der Waals surface area (Å²) in [7, 11) is -0.212. The molecule has 2 saturated heterocycles. The van der Waals surface area contributed by atoms with Crippen molar-refractivity contribution in [3.05, 3.63) is 0 Å². The summed E-state index contributed by atoms with van der Waals surface area (Å²) in [6.07, 6.45) is 0.472. The minimum Gasteiger partial charge on any atom is -0.481 e. The van der Waals surface area contributed by atoms with E-state index in [0.29, 0.717) is 32.6 Å². The molecule has 0 spiro atoms. The summed E-state index contributed by atoms with van der Waals surface area (Å²) in [5.74, 6) is -0.992. The third kappa shape index (κ3) is 3.51. The lowest BCUT2D eigenvalue weighted by Crippen LogP contribution is -2.41. The first-order valence-electron chi connectivity index (χ1n) is 7.70. The van der Waals surface area contributed by atoms with Crippen molar-refractivity contribution < 1.29 is 23.1 Å². The lowest BCUT2D eigenvalue weighted by Gasteiger charge is -2.25. The van der Waals surface area contributed by atoms with Gasteiger partial charge in [-0.3, -0.25) is 9.59 Å². The highest BCUT2D eigenvalue weighted by Gasteiger charge is 2.57. The second-order valence-corrected chi connectivity index (χ2v) is 9.05. The Morgan fingerprint density at radius 3 is 2.39 bits per heavy atom.